The number of benzene rings is 2. The summed E-state index contributed by atoms with van der Waals surface area (Å²) in [5.74, 6) is -1.66. The van der Waals surface area contributed by atoms with Crippen LogP contribution in [0.1, 0.15) is 28.3 Å². The largest absolute Gasteiger partial charge is 0.491 e. The third kappa shape index (κ3) is 4.81. The third-order valence-corrected chi connectivity index (χ3v) is 5.37. The molecule has 0 amide bonds. The molecule has 0 aliphatic carbocycles. The van der Waals surface area contributed by atoms with Crippen molar-refractivity contribution in [3.63, 3.8) is 0 Å². The Hall–Kier alpha value is -4.36. The number of rotatable bonds is 7. The van der Waals surface area contributed by atoms with Crippen molar-refractivity contribution in [3.8, 4) is 22.9 Å². The quantitative estimate of drug-likeness (QED) is 0.394. The van der Waals surface area contributed by atoms with E-state index in [4.69, 9.17) is 16.3 Å². The highest BCUT2D eigenvalue weighted by Crippen LogP contribution is 2.33. The lowest BCUT2D eigenvalue weighted by Gasteiger charge is -2.16. The first-order chi connectivity index (χ1) is 16.8. The van der Waals surface area contributed by atoms with Crippen molar-refractivity contribution in [1.29, 1.82) is 5.26 Å². The molecule has 2 aromatic heterocycles. The molecule has 0 spiro atoms. The van der Waals surface area contributed by atoms with Gasteiger partial charge in [-0.1, -0.05) is 17.7 Å². The van der Waals surface area contributed by atoms with E-state index < -0.39 is 23.8 Å². The molecule has 0 atom stereocenters. The Labute approximate surface area is 201 Å². The fraction of sp³-hybridized carbons (Fsp3) is 0.125. The highest BCUT2D eigenvalue weighted by Gasteiger charge is 2.20. The molecule has 35 heavy (non-hydrogen) atoms. The molecule has 0 saturated carbocycles. The van der Waals surface area contributed by atoms with Gasteiger partial charge in [-0.05, 0) is 48.0 Å². The topological polar surface area (TPSA) is 118 Å². The average molecular weight is 497 g/mol. The summed E-state index contributed by atoms with van der Waals surface area (Å²) in [6.07, 6.45) is -1.71. The Balaban J connectivity index is 1.68. The zero-order valence-electron chi connectivity index (χ0n) is 17.8. The van der Waals surface area contributed by atoms with Crippen LogP contribution < -0.4 is 10.3 Å². The molecule has 0 bridgehead atoms. The predicted octanol–water partition coefficient (Wildman–Crippen LogP) is 4.70. The third-order valence-electron chi connectivity index (χ3n) is 5.13. The van der Waals surface area contributed by atoms with Gasteiger partial charge in [0.2, 0.25) is 0 Å². The van der Waals surface area contributed by atoms with E-state index in [1.54, 1.807) is 24.3 Å². The number of fused-ring (bicyclic) bond motifs is 1. The van der Waals surface area contributed by atoms with Crippen LogP contribution in [0.5, 0.6) is 5.75 Å². The molecule has 4 aromatic rings. The second-order valence-electron chi connectivity index (χ2n) is 7.26. The SMILES string of the molecule is N#Cc1cccc2nc(C(F)F)n(CCOc3ccc(Cl)cc3-c3ccnc(C(=O)O)c3)c(=O)c12. The lowest BCUT2D eigenvalue weighted by atomic mass is 10.0. The van der Waals surface area contributed by atoms with Gasteiger partial charge in [-0.15, -0.1) is 0 Å². The summed E-state index contributed by atoms with van der Waals surface area (Å²) >= 11 is 6.11. The van der Waals surface area contributed by atoms with E-state index in [0.717, 1.165) is 4.57 Å². The Morgan fingerprint density at radius 2 is 2.03 bits per heavy atom. The summed E-state index contributed by atoms with van der Waals surface area (Å²) in [5, 5.41) is 18.8. The molecular weight excluding hydrogens is 482 g/mol. The van der Waals surface area contributed by atoms with E-state index in [0.29, 0.717) is 16.1 Å². The number of hydrogen-bond acceptors (Lipinski definition) is 6. The van der Waals surface area contributed by atoms with Gasteiger partial charge in [-0.2, -0.15) is 5.26 Å². The first-order valence-corrected chi connectivity index (χ1v) is 10.5. The number of halogens is 3. The maximum atomic E-state index is 13.7. The van der Waals surface area contributed by atoms with Crippen molar-refractivity contribution in [2.24, 2.45) is 0 Å². The number of carbonyl (C=O) groups is 1. The Kier molecular flexibility index (Phi) is 6.71. The number of carboxylic acid groups (broad SMARTS) is 1. The van der Waals surface area contributed by atoms with Crippen molar-refractivity contribution in [1.82, 2.24) is 14.5 Å². The molecule has 0 fully saturated rings. The minimum absolute atomic E-state index is 0.00780. The van der Waals surface area contributed by atoms with Crippen molar-refractivity contribution in [3.05, 3.63) is 87.2 Å². The van der Waals surface area contributed by atoms with E-state index in [-0.39, 0.29) is 41.1 Å². The molecule has 8 nitrogen and oxygen atoms in total. The molecule has 0 aliphatic heterocycles. The van der Waals surface area contributed by atoms with E-state index in [2.05, 4.69) is 9.97 Å². The second-order valence-corrected chi connectivity index (χ2v) is 7.70. The minimum atomic E-state index is -3.03. The van der Waals surface area contributed by atoms with Gasteiger partial charge in [0.1, 0.15) is 24.1 Å². The highest BCUT2D eigenvalue weighted by atomic mass is 35.5. The molecule has 0 saturated heterocycles. The first kappa shape index (κ1) is 23.8. The summed E-state index contributed by atoms with van der Waals surface area (Å²) < 4.78 is 34.0. The number of alkyl halides is 2. The molecule has 0 radical (unpaired) electrons. The van der Waals surface area contributed by atoms with Gasteiger partial charge >= 0.3 is 5.97 Å². The van der Waals surface area contributed by atoms with Gasteiger partial charge in [0, 0.05) is 16.8 Å². The van der Waals surface area contributed by atoms with Crippen LogP contribution in [-0.2, 0) is 6.54 Å². The van der Waals surface area contributed by atoms with E-state index >= 15 is 0 Å². The fourth-order valence-corrected chi connectivity index (χ4v) is 3.74. The summed E-state index contributed by atoms with van der Waals surface area (Å²) in [6.45, 7) is -0.479. The molecule has 2 aromatic carbocycles. The van der Waals surface area contributed by atoms with Crippen molar-refractivity contribution in [2.45, 2.75) is 13.0 Å². The first-order valence-electron chi connectivity index (χ1n) is 10.1. The van der Waals surface area contributed by atoms with E-state index in [1.165, 1.54) is 30.5 Å². The van der Waals surface area contributed by atoms with Gasteiger partial charge in [0.25, 0.3) is 12.0 Å². The molecule has 1 N–H and O–H groups in total. The molecule has 11 heteroatoms. The Morgan fingerprint density at radius 1 is 1.23 bits per heavy atom. The van der Waals surface area contributed by atoms with E-state index in [1.807, 2.05) is 6.07 Å². The summed E-state index contributed by atoms with van der Waals surface area (Å²) in [6, 6.07) is 13.7. The summed E-state index contributed by atoms with van der Waals surface area (Å²) in [7, 11) is 0. The van der Waals surface area contributed by atoms with Gasteiger partial charge in [0.05, 0.1) is 23.0 Å². The van der Waals surface area contributed by atoms with Gasteiger partial charge < -0.3 is 9.84 Å². The van der Waals surface area contributed by atoms with Gasteiger partial charge in [-0.25, -0.2) is 23.5 Å². The Morgan fingerprint density at radius 3 is 2.74 bits per heavy atom. The summed E-state index contributed by atoms with van der Waals surface area (Å²) in [4.78, 5) is 32.0. The molecule has 0 unspecified atom stereocenters. The number of carboxylic acids is 1. The van der Waals surface area contributed by atoms with Crippen LogP contribution in [0.3, 0.4) is 0 Å². The minimum Gasteiger partial charge on any atom is -0.491 e. The lowest BCUT2D eigenvalue weighted by molar-refractivity contribution is 0.0690. The zero-order chi connectivity index (χ0) is 25.1. The molecule has 2 heterocycles. The Bertz CT molecular complexity index is 1550. The average Bonchev–Trinajstić information content (AvgIpc) is 2.85. The van der Waals surface area contributed by atoms with Crippen molar-refractivity contribution < 1.29 is 23.4 Å². The fourth-order valence-electron chi connectivity index (χ4n) is 3.57. The van der Waals surface area contributed by atoms with Crippen LogP contribution in [0.2, 0.25) is 5.02 Å². The van der Waals surface area contributed by atoms with Crippen molar-refractivity contribution in [2.75, 3.05) is 6.61 Å². The van der Waals surface area contributed by atoms with Gasteiger partial charge in [-0.3, -0.25) is 9.36 Å². The summed E-state index contributed by atoms with van der Waals surface area (Å²) in [5.41, 5.74) is -0.00544. The number of aromatic carboxylic acids is 1. The number of ether oxygens (including phenoxy) is 1. The normalized spacial score (nSPS) is 10.9. The smallest absolute Gasteiger partial charge is 0.354 e. The van der Waals surface area contributed by atoms with Crippen molar-refractivity contribution >= 4 is 28.5 Å². The molecule has 4 rings (SSSR count). The number of nitriles is 1. The molecule has 176 valence electrons. The van der Waals surface area contributed by atoms with E-state index in [9.17, 15) is 28.7 Å². The van der Waals surface area contributed by atoms with Crippen LogP contribution in [0, 0.1) is 11.3 Å². The van der Waals surface area contributed by atoms with Crippen LogP contribution in [0.4, 0.5) is 8.78 Å². The number of hydrogen-bond donors (Lipinski definition) is 1. The second kappa shape index (κ2) is 9.87. The van der Waals surface area contributed by atoms with Crippen LogP contribution in [-0.4, -0.2) is 32.2 Å². The molecular formula is C24H15ClF2N4O4. The standard InChI is InChI=1S/C24H15ClF2N4O4/c25-15-4-5-19(16(11-15)13-6-7-29-18(10-13)24(33)34)35-9-8-31-22(21(26)27)30-17-3-1-2-14(12-28)20(17)23(31)32/h1-7,10-11,21H,8-9H2,(H,33,34). The van der Waals surface area contributed by atoms with Crippen LogP contribution >= 0.6 is 11.6 Å². The maximum absolute atomic E-state index is 13.7. The predicted molar refractivity (Wildman–Crippen MR) is 123 cm³/mol. The number of pyridine rings is 1. The monoisotopic (exact) mass is 496 g/mol. The lowest BCUT2D eigenvalue weighted by Crippen LogP contribution is -2.28. The van der Waals surface area contributed by atoms with Crippen LogP contribution in [0.25, 0.3) is 22.0 Å². The van der Waals surface area contributed by atoms with Crippen LogP contribution in [0.15, 0.2) is 59.5 Å². The maximum Gasteiger partial charge on any atom is 0.354 e. The van der Waals surface area contributed by atoms with Gasteiger partial charge in [0.15, 0.2) is 5.82 Å². The zero-order valence-corrected chi connectivity index (χ0v) is 18.5. The number of nitrogens with zero attached hydrogens (tertiary/aromatic N) is 4. The molecule has 0 aliphatic rings. The highest BCUT2D eigenvalue weighted by molar-refractivity contribution is 6.31. The number of aromatic nitrogens is 3.